The monoisotopic (exact) mass is 342 g/mol. The maximum absolute atomic E-state index is 11.3. The number of hydrogen-bond acceptors (Lipinski definition) is 4. The summed E-state index contributed by atoms with van der Waals surface area (Å²) in [6.07, 6.45) is 0. The van der Waals surface area contributed by atoms with Gasteiger partial charge in [-0.15, -0.1) is 0 Å². The molecule has 1 N–H and O–H groups in total. The number of carboxylic acids is 1. The summed E-state index contributed by atoms with van der Waals surface area (Å²) >= 11 is 5.47. The van der Waals surface area contributed by atoms with E-state index in [1.165, 1.54) is 0 Å². The number of benzene rings is 1. The minimum absolute atomic E-state index is 0.447. The molecule has 1 heterocycles. The van der Waals surface area contributed by atoms with Gasteiger partial charge >= 0.3 is 122 Å². The molecule has 1 aromatic heterocycles. The van der Waals surface area contributed by atoms with Crippen molar-refractivity contribution in [2.24, 2.45) is 0 Å². The number of nitrogens with zero attached hydrogens (tertiary/aromatic N) is 1. The first-order chi connectivity index (χ1) is 8.38. The molecule has 0 unspecified atom stereocenters. The summed E-state index contributed by atoms with van der Waals surface area (Å²) in [7, 11) is 0. The second kappa shape index (κ2) is 5.23. The summed E-state index contributed by atoms with van der Waals surface area (Å²) < 4.78 is 1.09. The fraction of sp³-hybridized carbons (Fsp3) is 0.333. The molecule has 0 fully saturated rings. The van der Waals surface area contributed by atoms with Gasteiger partial charge in [0.1, 0.15) is 0 Å². The van der Waals surface area contributed by atoms with Crippen molar-refractivity contribution in [1.29, 1.82) is 0 Å². The Labute approximate surface area is 122 Å². The van der Waals surface area contributed by atoms with Gasteiger partial charge in [-0.1, -0.05) is 0 Å². The summed E-state index contributed by atoms with van der Waals surface area (Å²) in [5.41, 5.74) is 0.953. The number of thiol groups is 1. The zero-order valence-corrected chi connectivity index (χ0v) is 13.6. The number of hydrogen-bond donors (Lipinski definition) is 2. The quantitative estimate of drug-likeness (QED) is 0.662. The van der Waals surface area contributed by atoms with E-state index in [1.807, 2.05) is 38.1 Å². The van der Waals surface area contributed by atoms with Crippen LogP contribution in [0.4, 0.5) is 0 Å². The normalized spacial score (nSPS) is 14.4. The number of thiazole rings is 1. The number of aliphatic carboxylic acids is 1. The molecule has 95 valence electrons. The summed E-state index contributed by atoms with van der Waals surface area (Å²) in [6.45, 7) is 3.69. The number of aromatic nitrogens is 1. The molecule has 3 nitrogen and oxygen atoms in total. The Balaban J connectivity index is 2.29. The zero-order chi connectivity index (χ0) is 13.3. The van der Waals surface area contributed by atoms with Gasteiger partial charge in [0.2, 0.25) is 0 Å². The van der Waals surface area contributed by atoms with Crippen molar-refractivity contribution in [3.05, 3.63) is 24.3 Å². The minimum atomic E-state index is -0.783. The van der Waals surface area contributed by atoms with Crippen LogP contribution in [-0.4, -0.2) is 36.6 Å². The van der Waals surface area contributed by atoms with Crippen molar-refractivity contribution >= 4 is 59.7 Å². The fourth-order valence-corrected chi connectivity index (χ4v) is 5.91. The first kappa shape index (κ1) is 13.9. The van der Waals surface area contributed by atoms with Crippen molar-refractivity contribution < 1.29 is 9.90 Å². The standard InChI is InChI=1S/C12H13AsNO2S2/c1-12(2,17)9(10(15)16)13-11-14-7-5-3-4-6-8(7)18-11/h3-6,9,17H,1-2H3,(H,15,16)/t9-/m0/s1. The van der Waals surface area contributed by atoms with E-state index >= 15 is 0 Å². The van der Waals surface area contributed by atoms with Crippen molar-refractivity contribution in [3.8, 4) is 0 Å². The zero-order valence-electron chi connectivity index (χ0n) is 9.99. The molecule has 0 aliphatic carbocycles. The average Bonchev–Trinajstić information content (AvgIpc) is 2.66. The molecule has 2 aromatic rings. The van der Waals surface area contributed by atoms with E-state index in [0.717, 1.165) is 14.0 Å². The number of carbonyl (C=O) groups is 1. The van der Waals surface area contributed by atoms with Gasteiger partial charge in [0.25, 0.3) is 0 Å². The molecule has 0 saturated heterocycles. The summed E-state index contributed by atoms with van der Waals surface area (Å²) in [6, 6.07) is 7.88. The molecule has 6 heteroatoms. The molecule has 0 amide bonds. The van der Waals surface area contributed by atoms with Crippen LogP contribution in [0.1, 0.15) is 13.8 Å². The van der Waals surface area contributed by atoms with E-state index in [0.29, 0.717) is 0 Å². The molecule has 0 bridgehead atoms. The molecule has 0 aliphatic rings. The Kier molecular flexibility index (Phi) is 4.05. The second-order valence-electron chi connectivity index (χ2n) is 4.49. The Morgan fingerprint density at radius 1 is 1.50 bits per heavy atom. The maximum atomic E-state index is 11.3. The molecule has 2 rings (SSSR count). The number of fused-ring (bicyclic) bond motifs is 1. The van der Waals surface area contributed by atoms with Gasteiger partial charge < -0.3 is 0 Å². The third kappa shape index (κ3) is 3.08. The third-order valence-corrected chi connectivity index (χ3v) is 8.12. The molecule has 18 heavy (non-hydrogen) atoms. The molecule has 1 atom stereocenters. The van der Waals surface area contributed by atoms with Crippen molar-refractivity contribution in [1.82, 2.24) is 4.98 Å². The van der Waals surface area contributed by atoms with Gasteiger partial charge in [-0.05, 0) is 0 Å². The van der Waals surface area contributed by atoms with Gasteiger partial charge in [-0.3, -0.25) is 0 Å². The number of para-hydroxylation sites is 1. The van der Waals surface area contributed by atoms with Crippen LogP contribution in [0.5, 0.6) is 0 Å². The molecular weight excluding hydrogens is 329 g/mol. The van der Waals surface area contributed by atoms with Crippen LogP contribution < -0.4 is 3.80 Å². The number of carboxylic acid groups (broad SMARTS) is 1. The summed E-state index contributed by atoms with van der Waals surface area (Å²) in [4.78, 5) is 15.8. The van der Waals surface area contributed by atoms with E-state index < -0.39 is 31.2 Å². The SMILES string of the molecule is CC(C)(S)[C@@H]([As]c1nc2ccccc2s1)C(=O)O. The molecule has 0 spiro atoms. The average molecular weight is 342 g/mol. The Morgan fingerprint density at radius 2 is 2.17 bits per heavy atom. The topological polar surface area (TPSA) is 50.2 Å². The third-order valence-electron chi connectivity index (χ3n) is 2.43. The Hall–Kier alpha value is -0.512. The van der Waals surface area contributed by atoms with E-state index in [-0.39, 0.29) is 0 Å². The van der Waals surface area contributed by atoms with Crippen LogP contribution in [0.2, 0.25) is 4.71 Å². The van der Waals surface area contributed by atoms with Crippen LogP contribution in [0.25, 0.3) is 10.2 Å². The fourth-order valence-electron chi connectivity index (χ4n) is 1.54. The van der Waals surface area contributed by atoms with Crippen LogP contribution in [-0.2, 0) is 4.79 Å². The van der Waals surface area contributed by atoms with Gasteiger partial charge in [0, 0.05) is 0 Å². The van der Waals surface area contributed by atoms with Crippen molar-refractivity contribution in [2.75, 3.05) is 0 Å². The first-order valence-corrected chi connectivity index (χ1v) is 8.68. The van der Waals surface area contributed by atoms with E-state index in [9.17, 15) is 9.90 Å². The van der Waals surface area contributed by atoms with Crippen molar-refractivity contribution in [2.45, 2.75) is 23.3 Å². The molecular formula is C12H13AsNO2S2. The number of rotatable bonds is 4. The summed E-state index contributed by atoms with van der Waals surface area (Å²) in [5.74, 6) is -0.783. The van der Waals surface area contributed by atoms with Crippen LogP contribution in [0.15, 0.2) is 24.3 Å². The summed E-state index contributed by atoms with van der Waals surface area (Å²) in [5, 5.41) is 9.30. The predicted octanol–water partition coefficient (Wildman–Crippen LogP) is 2.21. The van der Waals surface area contributed by atoms with E-state index in [2.05, 4.69) is 17.6 Å². The van der Waals surface area contributed by atoms with Crippen molar-refractivity contribution in [3.63, 3.8) is 0 Å². The Bertz CT molecular complexity index is 544. The Morgan fingerprint density at radius 3 is 2.72 bits per heavy atom. The van der Waals surface area contributed by atoms with Gasteiger partial charge in [0.15, 0.2) is 0 Å². The van der Waals surface area contributed by atoms with E-state index in [1.54, 1.807) is 11.3 Å². The van der Waals surface area contributed by atoms with Gasteiger partial charge in [0.05, 0.1) is 0 Å². The molecule has 0 saturated carbocycles. The van der Waals surface area contributed by atoms with Gasteiger partial charge in [-0.25, -0.2) is 0 Å². The van der Waals surface area contributed by atoms with Gasteiger partial charge in [-0.2, -0.15) is 0 Å². The molecule has 1 radical (unpaired) electrons. The van der Waals surface area contributed by atoms with Crippen LogP contribution >= 0.6 is 24.0 Å². The van der Waals surface area contributed by atoms with Crippen LogP contribution in [0.3, 0.4) is 0 Å². The first-order valence-electron chi connectivity index (χ1n) is 5.39. The van der Waals surface area contributed by atoms with E-state index in [4.69, 9.17) is 0 Å². The molecule has 1 aromatic carbocycles. The molecule has 0 aliphatic heterocycles. The van der Waals surface area contributed by atoms with Crippen LogP contribution in [0, 0.1) is 0 Å². The second-order valence-corrected chi connectivity index (χ2v) is 9.84. The predicted molar refractivity (Wildman–Crippen MR) is 79.5 cm³/mol.